The van der Waals surface area contributed by atoms with Gasteiger partial charge in [-0.05, 0) is 18.4 Å². The first-order chi connectivity index (χ1) is 6.86. The van der Waals surface area contributed by atoms with Crippen LogP contribution >= 0.6 is 11.3 Å². The Kier molecular flexibility index (Phi) is 2.77. The molecule has 0 spiro atoms. The molecule has 0 aliphatic carbocycles. The highest BCUT2D eigenvalue weighted by atomic mass is 32.1. The van der Waals surface area contributed by atoms with E-state index >= 15 is 0 Å². The summed E-state index contributed by atoms with van der Waals surface area (Å²) in [6.45, 7) is 4.34. The van der Waals surface area contributed by atoms with Crippen LogP contribution in [0, 0.1) is 0 Å². The molecule has 0 N–H and O–H groups in total. The summed E-state index contributed by atoms with van der Waals surface area (Å²) in [7, 11) is 0. The standard InChI is InChI=1S/C11H14N2S/c1-3-5-9-10-11(14-7-13-10)8(4-2)6-12-9/h6-7H,3-5H2,1-2H3. The van der Waals surface area contributed by atoms with Crippen LogP contribution in [-0.2, 0) is 12.8 Å². The summed E-state index contributed by atoms with van der Waals surface area (Å²) in [5.74, 6) is 0. The van der Waals surface area contributed by atoms with Crippen molar-refractivity contribution < 1.29 is 0 Å². The van der Waals surface area contributed by atoms with E-state index in [0.29, 0.717) is 0 Å². The Balaban J connectivity index is 2.59. The topological polar surface area (TPSA) is 25.8 Å². The van der Waals surface area contributed by atoms with Crippen LogP contribution in [0.2, 0.25) is 0 Å². The molecule has 0 fully saturated rings. The highest BCUT2D eigenvalue weighted by Gasteiger charge is 2.07. The van der Waals surface area contributed by atoms with Crippen LogP contribution in [0.3, 0.4) is 0 Å². The minimum atomic E-state index is 1.03. The van der Waals surface area contributed by atoms with Crippen molar-refractivity contribution in [3.63, 3.8) is 0 Å². The molecule has 2 heterocycles. The first kappa shape index (κ1) is 9.59. The van der Waals surface area contributed by atoms with Gasteiger partial charge in [-0.25, -0.2) is 4.98 Å². The van der Waals surface area contributed by atoms with E-state index in [-0.39, 0.29) is 0 Å². The monoisotopic (exact) mass is 206 g/mol. The highest BCUT2D eigenvalue weighted by molar-refractivity contribution is 7.17. The van der Waals surface area contributed by atoms with Crippen molar-refractivity contribution in [3.8, 4) is 0 Å². The maximum Gasteiger partial charge on any atom is 0.103 e. The summed E-state index contributed by atoms with van der Waals surface area (Å²) >= 11 is 1.73. The molecule has 3 heteroatoms. The molecule has 0 radical (unpaired) electrons. The quantitative estimate of drug-likeness (QED) is 0.770. The van der Waals surface area contributed by atoms with E-state index in [0.717, 1.165) is 30.5 Å². The third-order valence-corrected chi connectivity index (χ3v) is 3.28. The minimum Gasteiger partial charge on any atom is -0.259 e. The first-order valence-electron chi connectivity index (χ1n) is 5.06. The Hall–Kier alpha value is -0.960. The zero-order valence-electron chi connectivity index (χ0n) is 8.58. The Bertz CT molecular complexity index is 434. The summed E-state index contributed by atoms with van der Waals surface area (Å²) < 4.78 is 1.32. The van der Waals surface area contributed by atoms with E-state index in [1.165, 1.54) is 10.3 Å². The smallest absolute Gasteiger partial charge is 0.103 e. The van der Waals surface area contributed by atoms with Gasteiger partial charge in [0.15, 0.2) is 0 Å². The Morgan fingerprint density at radius 1 is 1.29 bits per heavy atom. The molecule has 2 aromatic rings. The second-order valence-corrected chi connectivity index (χ2v) is 4.22. The van der Waals surface area contributed by atoms with Crippen LogP contribution in [0.4, 0.5) is 0 Å². The summed E-state index contributed by atoms with van der Waals surface area (Å²) in [5, 5.41) is 0. The Labute approximate surface area is 88.0 Å². The van der Waals surface area contributed by atoms with Crippen molar-refractivity contribution in [2.75, 3.05) is 0 Å². The van der Waals surface area contributed by atoms with Crippen molar-refractivity contribution in [1.29, 1.82) is 0 Å². The van der Waals surface area contributed by atoms with Gasteiger partial charge in [0.2, 0.25) is 0 Å². The molecular formula is C11H14N2S. The number of hydrogen-bond donors (Lipinski definition) is 0. The summed E-state index contributed by atoms with van der Waals surface area (Å²) in [5.41, 5.74) is 5.52. The second-order valence-electron chi connectivity index (χ2n) is 3.36. The zero-order chi connectivity index (χ0) is 9.97. The molecule has 74 valence electrons. The largest absolute Gasteiger partial charge is 0.259 e. The van der Waals surface area contributed by atoms with Gasteiger partial charge in [-0.2, -0.15) is 0 Å². The second kappa shape index (κ2) is 4.05. The number of thiazole rings is 1. The highest BCUT2D eigenvalue weighted by Crippen LogP contribution is 2.24. The maximum atomic E-state index is 4.48. The van der Waals surface area contributed by atoms with E-state index in [1.807, 2.05) is 11.7 Å². The molecule has 0 aliphatic rings. The molecule has 0 saturated carbocycles. The maximum absolute atomic E-state index is 4.48. The van der Waals surface area contributed by atoms with Gasteiger partial charge in [-0.3, -0.25) is 4.98 Å². The lowest BCUT2D eigenvalue weighted by Crippen LogP contribution is -1.93. The first-order valence-corrected chi connectivity index (χ1v) is 5.94. The zero-order valence-corrected chi connectivity index (χ0v) is 9.40. The van der Waals surface area contributed by atoms with E-state index in [1.54, 1.807) is 11.3 Å². The van der Waals surface area contributed by atoms with Crippen LogP contribution in [-0.4, -0.2) is 9.97 Å². The summed E-state index contributed by atoms with van der Waals surface area (Å²) in [4.78, 5) is 8.89. The lowest BCUT2D eigenvalue weighted by molar-refractivity contribution is 0.887. The fourth-order valence-electron chi connectivity index (χ4n) is 1.63. The number of nitrogens with zero attached hydrogens (tertiary/aromatic N) is 2. The van der Waals surface area contributed by atoms with Gasteiger partial charge in [0, 0.05) is 6.20 Å². The molecule has 2 aromatic heterocycles. The Morgan fingerprint density at radius 3 is 2.86 bits per heavy atom. The lowest BCUT2D eigenvalue weighted by Gasteiger charge is -2.02. The number of aryl methyl sites for hydroxylation is 2. The van der Waals surface area contributed by atoms with Crippen molar-refractivity contribution in [2.24, 2.45) is 0 Å². The SMILES string of the molecule is CCCc1ncc(CC)c2scnc12. The normalized spacial score (nSPS) is 11.0. The molecular weight excluding hydrogens is 192 g/mol. The van der Waals surface area contributed by atoms with Crippen LogP contribution in [0.25, 0.3) is 10.2 Å². The number of pyridine rings is 1. The Morgan fingerprint density at radius 2 is 2.14 bits per heavy atom. The molecule has 0 amide bonds. The molecule has 0 aliphatic heterocycles. The van der Waals surface area contributed by atoms with Crippen LogP contribution in [0.1, 0.15) is 31.5 Å². The van der Waals surface area contributed by atoms with Crippen molar-refractivity contribution in [3.05, 3.63) is 23.0 Å². The number of hydrogen-bond acceptors (Lipinski definition) is 3. The lowest BCUT2D eigenvalue weighted by atomic mass is 10.1. The minimum absolute atomic E-state index is 1.03. The molecule has 0 aromatic carbocycles. The van der Waals surface area contributed by atoms with Crippen molar-refractivity contribution in [2.45, 2.75) is 33.1 Å². The third-order valence-electron chi connectivity index (χ3n) is 2.38. The van der Waals surface area contributed by atoms with Gasteiger partial charge < -0.3 is 0 Å². The average molecular weight is 206 g/mol. The number of aromatic nitrogens is 2. The van der Waals surface area contributed by atoms with Crippen LogP contribution in [0.5, 0.6) is 0 Å². The van der Waals surface area contributed by atoms with Gasteiger partial charge in [0.1, 0.15) is 5.52 Å². The van der Waals surface area contributed by atoms with Gasteiger partial charge >= 0.3 is 0 Å². The number of fused-ring (bicyclic) bond motifs is 1. The fourth-order valence-corrected chi connectivity index (χ4v) is 2.52. The van der Waals surface area contributed by atoms with Crippen molar-refractivity contribution in [1.82, 2.24) is 9.97 Å². The van der Waals surface area contributed by atoms with Gasteiger partial charge in [0.25, 0.3) is 0 Å². The van der Waals surface area contributed by atoms with Gasteiger partial charge in [-0.15, -0.1) is 11.3 Å². The fraction of sp³-hybridized carbons (Fsp3) is 0.455. The van der Waals surface area contributed by atoms with E-state index < -0.39 is 0 Å². The average Bonchev–Trinajstić information content (AvgIpc) is 2.67. The van der Waals surface area contributed by atoms with E-state index in [4.69, 9.17) is 0 Å². The predicted octanol–water partition coefficient (Wildman–Crippen LogP) is 3.21. The molecule has 2 nitrogen and oxygen atoms in total. The number of rotatable bonds is 3. The third kappa shape index (κ3) is 1.52. The summed E-state index contributed by atoms with van der Waals surface area (Å²) in [6.07, 6.45) is 5.21. The molecule has 14 heavy (non-hydrogen) atoms. The van der Waals surface area contributed by atoms with E-state index in [9.17, 15) is 0 Å². The van der Waals surface area contributed by atoms with Crippen molar-refractivity contribution >= 4 is 21.6 Å². The molecule has 0 saturated heterocycles. The molecule has 0 unspecified atom stereocenters. The van der Waals surface area contributed by atoms with Crippen LogP contribution < -0.4 is 0 Å². The molecule has 2 rings (SSSR count). The van der Waals surface area contributed by atoms with Crippen LogP contribution in [0.15, 0.2) is 11.7 Å². The van der Waals surface area contributed by atoms with Gasteiger partial charge in [0.05, 0.1) is 15.9 Å². The van der Waals surface area contributed by atoms with E-state index in [2.05, 4.69) is 23.8 Å². The molecule has 0 atom stereocenters. The van der Waals surface area contributed by atoms with Gasteiger partial charge in [-0.1, -0.05) is 20.3 Å². The predicted molar refractivity (Wildman–Crippen MR) is 60.8 cm³/mol. The molecule has 0 bridgehead atoms. The summed E-state index contributed by atoms with van der Waals surface area (Å²) in [6, 6.07) is 0.